The van der Waals surface area contributed by atoms with Crippen LogP contribution in [0.1, 0.15) is 31.2 Å². The minimum atomic E-state index is -0.704. The van der Waals surface area contributed by atoms with Gasteiger partial charge in [-0.2, -0.15) is 0 Å². The average Bonchev–Trinajstić information content (AvgIpc) is 2.72. The number of hydrogen-bond donors (Lipinski definition) is 2. The Bertz CT molecular complexity index is 918. The Balaban J connectivity index is 2.12. The van der Waals surface area contributed by atoms with E-state index in [4.69, 9.17) is 13.9 Å². The average molecular weight is 387 g/mol. The number of aliphatic hydroxyl groups is 1. The van der Waals surface area contributed by atoms with Gasteiger partial charge in [0.05, 0.1) is 11.6 Å². The molecule has 28 heavy (non-hydrogen) atoms. The summed E-state index contributed by atoms with van der Waals surface area (Å²) < 4.78 is 17.2. The Morgan fingerprint density at radius 1 is 1.32 bits per heavy atom. The van der Waals surface area contributed by atoms with Crippen molar-refractivity contribution in [1.29, 1.82) is 0 Å². The van der Waals surface area contributed by atoms with E-state index in [1.54, 1.807) is 30.3 Å². The molecule has 0 aliphatic carbocycles. The van der Waals surface area contributed by atoms with Gasteiger partial charge in [0, 0.05) is 37.7 Å². The first kappa shape index (κ1) is 20.1. The van der Waals surface area contributed by atoms with E-state index in [0.717, 1.165) is 0 Å². The van der Waals surface area contributed by atoms with E-state index in [0.29, 0.717) is 36.0 Å². The molecule has 2 N–H and O–H groups in total. The van der Waals surface area contributed by atoms with Crippen LogP contribution >= 0.6 is 0 Å². The van der Waals surface area contributed by atoms with Gasteiger partial charge in [0.15, 0.2) is 11.2 Å². The third-order valence-corrected chi connectivity index (χ3v) is 4.93. The molecule has 2 aromatic rings. The molecule has 3 rings (SSSR count). The number of hydrogen-bond acceptors (Lipinski definition) is 6. The summed E-state index contributed by atoms with van der Waals surface area (Å²) in [6, 6.07) is 7.04. The van der Waals surface area contributed by atoms with Crippen molar-refractivity contribution in [3.63, 3.8) is 0 Å². The van der Waals surface area contributed by atoms with E-state index in [9.17, 15) is 14.7 Å². The predicted molar refractivity (Wildman–Crippen MR) is 104 cm³/mol. The van der Waals surface area contributed by atoms with Gasteiger partial charge < -0.3 is 24.3 Å². The van der Waals surface area contributed by atoms with E-state index in [2.05, 4.69) is 5.32 Å². The molecule has 1 aliphatic heterocycles. The molecule has 1 aromatic heterocycles. The maximum absolute atomic E-state index is 13.1. The van der Waals surface area contributed by atoms with E-state index in [1.165, 1.54) is 13.3 Å². The van der Waals surface area contributed by atoms with E-state index < -0.39 is 12.2 Å². The largest absolute Gasteiger partial charge is 0.464 e. The van der Waals surface area contributed by atoms with E-state index >= 15 is 0 Å². The summed E-state index contributed by atoms with van der Waals surface area (Å²) in [5, 5.41) is 12.3. The molecular weight excluding hydrogens is 362 g/mol. The lowest BCUT2D eigenvalue weighted by atomic mass is 9.81. The Kier molecular flexibility index (Phi) is 6.49. The SMILES string of the molecule is CCO[C@@H]1OC(C(=O)NC)=C[C@H](c2coc3ccccc3c2=O)[C@@H]1CCCO. The molecular formula is C21H25NO6. The molecule has 0 spiro atoms. The zero-order valence-corrected chi connectivity index (χ0v) is 16.0. The smallest absolute Gasteiger partial charge is 0.285 e. The zero-order valence-electron chi connectivity index (χ0n) is 16.0. The Labute approximate surface area is 162 Å². The number of amides is 1. The fraction of sp³-hybridized carbons (Fsp3) is 0.429. The molecule has 2 heterocycles. The van der Waals surface area contributed by atoms with Crippen LogP contribution in [0.5, 0.6) is 0 Å². The summed E-state index contributed by atoms with van der Waals surface area (Å²) in [6.45, 7) is 2.24. The second kappa shape index (κ2) is 9.03. The van der Waals surface area contributed by atoms with Crippen molar-refractivity contribution < 1.29 is 23.8 Å². The normalized spacial score (nSPS) is 21.8. The minimum Gasteiger partial charge on any atom is -0.464 e. The van der Waals surface area contributed by atoms with Crippen molar-refractivity contribution >= 4 is 16.9 Å². The lowest BCUT2D eigenvalue weighted by Crippen LogP contribution is -2.39. The second-order valence-corrected chi connectivity index (χ2v) is 6.62. The number of carbonyl (C=O) groups excluding carboxylic acids is 1. The van der Waals surface area contributed by atoms with Gasteiger partial charge in [-0.15, -0.1) is 0 Å². The van der Waals surface area contributed by atoms with Crippen LogP contribution in [0.15, 0.2) is 51.6 Å². The van der Waals surface area contributed by atoms with Crippen molar-refractivity contribution in [2.75, 3.05) is 20.3 Å². The Hall–Kier alpha value is -2.64. The maximum Gasteiger partial charge on any atom is 0.285 e. The third kappa shape index (κ3) is 3.95. The molecule has 3 atom stereocenters. The van der Waals surface area contributed by atoms with Gasteiger partial charge >= 0.3 is 0 Å². The van der Waals surface area contributed by atoms with Crippen LogP contribution in [0.3, 0.4) is 0 Å². The van der Waals surface area contributed by atoms with Gasteiger partial charge in [-0.3, -0.25) is 9.59 Å². The highest BCUT2D eigenvalue weighted by Crippen LogP contribution is 2.38. The number of likely N-dealkylation sites (N-methyl/N-ethyl adjacent to an activating group) is 1. The first-order valence-corrected chi connectivity index (χ1v) is 9.44. The molecule has 1 amide bonds. The van der Waals surface area contributed by atoms with Crippen LogP contribution in [-0.2, 0) is 14.3 Å². The topological polar surface area (TPSA) is 98.0 Å². The molecule has 0 fully saturated rings. The summed E-state index contributed by atoms with van der Waals surface area (Å²) >= 11 is 0. The predicted octanol–water partition coefficient (Wildman–Crippen LogP) is 2.29. The number of nitrogens with one attached hydrogen (secondary N) is 1. The number of ether oxygens (including phenoxy) is 2. The van der Waals surface area contributed by atoms with Crippen LogP contribution in [0, 0.1) is 5.92 Å². The van der Waals surface area contributed by atoms with Crippen LogP contribution < -0.4 is 10.7 Å². The number of aliphatic hydroxyl groups excluding tert-OH is 1. The number of carbonyl (C=O) groups is 1. The Morgan fingerprint density at radius 3 is 2.82 bits per heavy atom. The summed E-state index contributed by atoms with van der Waals surface area (Å²) in [5.74, 6) is -0.964. The van der Waals surface area contributed by atoms with Gasteiger partial charge in [0.25, 0.3) is 5.91 Å². The van der Waals surface area contributed by atoms with Crippen LogP contribution in [0.4, 0.5) is 0 Å². The highest BCUT2D eigenvalue weighted by molar-refractivity contribution is 5.91. The number of fused-ring (bicyclic) bond motifs is 1. The number of benzene rings is 1. The maximum atomic E-state index is 13.1. The third-order valence-electron chi connectivity index (χ3n) is 4.93. The minimum absolute atomic E-state index is 0.0143. The van der Waals surface area contributed by atoms with Gasteiger partial charge in [0.2, 0.25) is 6.29 Å². The molecule has 7 nitrogen and oxygen atoms in total. The standard InChI is InChI=1S/C21H25NO6/c1-3-26-21-13(8-6-10-23)15(11-18(28-21)20(25)22-2)16-12-27-17-9-5-4-7-14(17)19(16)24/h4-5,7,9,11-13,15,21,23H,3,6,8,10H2,1-2H3,(H,22,25)/t13-,15-,21+/m0/s1. The molecule has 1 aliphatic rings. The summed E-state index contributed by atoms with van der Waals surface area (Å²) in [7, 11) is 1.51. The van der Waals surface area contributed by atoms with Crippen molar-refractivity contribution in [1.82, 2.24) is 5.32 Å². The molecule has 1 aromatic carbocycles. The quantitative estimate of drug-likeness (QED) is 0.756. The molecule has 0 saturated heterocycles. The number of allylic oxidation sites excluding steroid dienone is 1. The molecule has 0 unspecified atom stereocenters. The lowest BCUT2D eigenvalue weighted by molar-refractivity contribution is -0.166. The monoisotopic (exact) mass is 387 g/mol. The fourth-order valence-electron chi connectivity index (χ4n) is 3.57. The molecule has 150 valence electrons. The first-order valence-electron chi connectivity index (χ1n) is 9.44. The van der Waals surface area contributed by atoms with Gasteiger partial charge in [-0.25, -0.2) is 0 Å². The molecule has 0 saturated carbocycles. The van der Waals surface area contributed by atoms with Crippen LogP contribution in [0.25, 0.3) is 11.0 Å². The molecule has 0 bridgehead atoms. The van der Waals surface area contributed by atoms with Crippen molar-refractivity contribution in [2.45, 2.75) is 32.0 Å². The second-order valence-electron chi connectivity index (χ2n) is 6.62. The van der Waals surface area contributed by atoms with Crippen molar-refractivity contribution in [3.05, 3.63) is 58.2 Å². The Morgan fingerprint density at radius 2 is 2.11 bits per heavy atom. The summed E-state index contributed by atoms with van der Waals surface area (Å²) in [5.41, 5.74) is 0.800. The molecule has 0 radical (unpaired) electrons. The van der Waals surface area contributed by atoms with Gasteiger partial charge in [-0.1, -0.05) is 12.1 Å². The van der Waals surface area contributed by atoms with Gasteiger partial charge in [-0.05, 0) is 38.0 Å². The van der Waals surface area contributed by atoms with Crippen molar-refractivity contribution in [2.24, 2.45) is 5.92 Å². The van der Waals surface area contributed by atoms with Crippen molar-refractivity contribution in [3.8, 4) is 0 Å². The number of rotatable bonds is 7. The highest BCUT2D eigenvalue weighted by Gasteiger charge is 2.39. The van der Waals surface area contributed by atoms with E-state index in [-0.39, 0.29) is 29.6 Å². The van der Waals surface area contributed by atoms with Crippen LogP contribution in [-0.4, -0.2) is 37.6 Å². The highest BCUT2D eigenvalue weighted by atomic mass is 16.7. The first-order chi connectivity index (χ1) is 13.6. The fourth-order valence-corrected chi connectivity index (χ4v) is 3.57. The van der Waals surface area contributed by atoms with Crippen LogP contribution in [0.2, 0.25) is 0 Å². The molecule has 7 heteroatoms. The lowest BCUT2D eigenvalue weighted by Gasteiger charge is -2.36. The number of para-hydroxylation sites is 1. The zero-order chi connectivity index (χ0) is 20.1. The van der Waals surface area contributed by atoms with E-state index in [1.807, 2.05) is 6.92 Å². The van der Waals surface area contributed by atoms with Gasteiger partial charge in [0.1, 0.15) is 5.58 Å². The summed E-state index contributed by atoms with van der Waals surface area (Å²) in [6.07, 6.45) is 3.49. The summed E-state index contributed by atoms with van der Waals surface area (Å²) in [4.78, 5) is 25.3.